The van der Waals surface area contributed by atoms with Crippen LogP contribution in [0.3, 0.4) is 0 Å². The van der Waals surface area contributed by atoms with E-state index >= 15 is 0 Å². The van der Waals surface area contributed by atoms with Crippen LogP contribution in [0.15, 0.2) is 36.8 Å². The van der Waals surface area contributed by atoms with Gasteiger partial charge in [0, 0.05) is 19.4 Å². The highest BCUT2D eigenvalue weighted by molar-refractivity contribution is 5.74. The predicted octanol–water partition coefficient (Wildman–Crippen LogP) is 2.93. The molecule has 0 aliphatic heterocycles. The van der Waals surface area contributed by atoms with Crippen molar-refractivity contribution in [3.8, 4) is 0 Å². The topological polar surface area (TPSA) is 67.1 Å². The molecule has 0 radical (unpaired) electrons. The van der Waals surface area contributed by atoms with E-state index in [1.807, 2.05) is 18.2 Å². The number of hydrogen-bond acceptors (Lipinski definition) is 5. The molecule has 0 aromatic carbocycles. The SMILES string of the molecule is CNc1nc(Nc2cnn3ccccc23)ncc1C(F)(F)F. The highest BCUT2D eigenvalue weighted by atomic mass is 19.4. The average Bonchev–Trinajstić information content (AvgIpc) is 2.89. The molecular weight excluding hydrogens is 297 g/mol. The van der Waals surface area contributed by atoms with E-state index in [1.54, 1.807) is 16.9 Å². The number of nitrogens with zero attached hydrogens (tertiary/aromatic N) is 4. The molecule has 0 saturated heterocycles. The maximum absolute atomic E-state index is 12.8. The first-order valence-electron chi connectivity index (χ1n) is 6.30. The maximum Gasteiger partial charge on any atom is 0.421 e. The van der Waals surface area contributed by atoms with Gasteiger partial charge in [0.1, 0.15) is 11.4 Å². The quantitative estimate of drug-likeness (QED) is 0.778. The number of nitrogens with one attached hydrogen (secondary N) is 2. The van der Waals surface area contributed by atoms with Gasteiger partial charge in [-0.3, -0.25) is 0 Å². The summed E-state index contributed by atoms with van der Waals surface area (Å²) < 4.78 is 40.0. The Bertz CT molecular complexity index is 811. The van der Waals surface area contributed by atoms with Crippen LogP contribution in [-0.4, -0.2) is 26.6 Å². The van der Waals surface area contributed by atoms with E-state index in [1.165, 1.54) is 7.05 Å². The first-order valence-corrected chi connectivity index (χ1v) is 6.30. The zero-order valence-electron chi connectivity index (χ0n) is 11.4. The molecule has 0 bridgehead atoms. The lowest BCUT2D eigenvalue weighted by Gasteiger charge is -2.12. The monoisotopic (exact) mass is 308 g/mol. The number of hydrogen-bond donors (Lipinski definition) is 2. The number of aromatic nitrogens is 4. The first-order chi connectivity index (χ1) is 10.5. The number of halogens is 3. The number of alkyl halides is 3. The minimum Gasteiger partial charge on any atom is -0.372 e. The minimum absolute atomic E-state index is 0.0519. The molecule has 0 fully saturated rings. The second-order valence-corrected chi connectivity index (χ2v) is 4.42. The van der Waals surface area contributed by atoms with Crippen LogP contribution < -0.4 is 10.6 Å². The van der Waals surface area contributed by atoms with Crippen LogP contribution in [0.5, 0.6) is 0 Å². The van der Waals surface area contributed by atoms with Gasteiger partial charge in [-0.25, -0.2) is 9.50 Å². The Hall–Kier alpha value is -2.84. The summed E-state index contributed by atoms with van der Waals surface area (Å²) in [6.45, 7) is 0. The van der Waals surface area contributed by atoms with Crippen LogP contribution in [0, 0.1) is 0 Å². The molecule has 3 aromatic heterocycles. The molecule has 9 heteroatoms. The lowest BCUT2D eigenvalue weighted by Crippen LogP contribution is -2.12. The van der Waals surface area contributed by atoms with Crippen molar-refractivity contribution in [2.24, 2.45) is 0 Å². The molecule has 0 aliphatic carbocycles. The van der Waals surface area contributed by atoms with E-state index in [0.29, 0.717) is 5.69 Å². The van der Waals surface area contributed by atoms with Crippen molar-refractivity contribution in [3.05, 3.63) is 42.4 Å². The third-order valence-electron chi connectivity index (χ3n) is 3.00. The molecule has 0 spiro atoms. The van der Waals surface area contributed by atoms with E-state index in [9.17, 15) is 13.2 Å². The molecule has 0 saturated carbocycles. The van der Waals surface area contributed by atoms with Crippen molar-refractivity contribution in [1.29, 1.82) is 0 Å². The molecule has 114 valence electrons. The summed E-state index contributed by atoms with van der Waals surface area (Å²) in [7, 11) is 1.37. The third kappa shape index (κ3) is 2.52. The predicted molar refractivity (Wildman–Crippen MR) is 75.1 cm³/mol. The molecule has 2 N–H and O–H groups in total. The van der Waals surface area contributed by atoms with Gasteiger partial charge in [-0.1, -0.05) is 6.07 Å². The normalized spacial score (nSPS) is 11.6. The van der Waals surface area contributed by atoms with Crippen LogP contribution in [0.2, 0.25) is 0 Å². The molecule has 0 amide bonds. The number of rotatable bonds is 3. The van der Waals surface area contributed by atoms with Gasteiger partial charge in [-0.05, 0) is 12.1 Å². The maximum atomic E-state index is 12.8. The zero-order valence-corrected chi connectivity index (χ0v) is 11.4. The van der Waals surface area contributed by atoms with Crippen LogP contribution in [0.25, 0.3) is 5.52 Å². The van der Waals surface area contributed by atoms with Crippen molar-refractivity contribution in [2.45, 2.75) is 6.18 Å². The first kappa shape index (κ1) is 14.1. The summed E-state index contributed by atoms with van der Waals surface area (Å²) in [6.07, 6.45) is -0.462. The van der Waals surface area contributed by atoms with Crippen molar-refractivity contribution in [2.75, 3.05) is 17.7 Å². The molecule has 3 rings (SSSR count). The Morgan fingerprint density at radius 3 is 2.73 bits per heavy atom. The van der Waals surface area contributed by atoms with Gasteiger partial charge in [0.25, 0.3) is 0 Å². The molecule has 3 heterocycles. The van der Waals surface area contributed by atoms with Gasteiger partial charge in [-0.15, -0.1) is 0 Å². The summed E-state index contributed by atoms with van der Waals surface area (Å²) in [5, 5.41) is 9.41. The highest BCUT2D eigenvalue weighted by Crippen LogP contribution is 2.33. The van der Waals surface area contributed by atoms with Gasteiger partial charge in [0.2, 0.25) is 5.95 Å². The largest absolute Gasteiger partial charge is 0.421 e. The smallest absolute Gasteiger partial charge is 0.372 e. The summed E-state index contributed by atoms with van der Waals surface area (Å²) in [4.78, 5) is 7.57. The van der Waals surface area contributed by atoms with Gasteiger partial charge in [0.15, 0.2) is 0 Å². The molecule has 6 nitrogen and oxygen atoms in total. The Morgan fingerprint density at radius 2 is 2.00 bits per heavy atom. The van der Waals surface area contributed by atoms with Crippen molar-refractivity contribution < 1.29 is 13.2 Å². The third-order valence-corrected chi connectivity index (χ3v) is 3.00. The molecule has 3 aromatic rings. The van der Waals surface area contributed by atoms with Crippen LogP contribution in [0.4, 0.5) is 30.6 Å². The Labute approximate surface area is 123 Å². The summed E-state index contributed by atoms with van der Waals surface area (Å²) in [6, 6.07) is 5.46. The highest BCUT2D eigenvalue weighted by Gasteiger charge is 2.35. The van der Waals surface area contributed by atoms with Crippen LogP contribution in [0.1, 0.15) is 5.56 Å². The second kappa shape index (κ2) is 5.17. The van der Waals surface area contributed by atoms with Gasteiger partial charge in [0.05, 0.1) is 17.4 Å². The summed E-state index contributed by atoms with van der Waals surface area (Å²) >= 11 is 0. The van der Waals surface area contributed by atoms with Crippen molar-refractivity contribution >= 4 is 23.0 Å². The molecule has 22 heavy (non-hydrogen) atoms. The number of anilines is 3. The Balaban J connectivity index is 1.96. The molecule has 0 unspecified atom stereocenters. The lowest BCUT2D eigenvalue weighted by atomic mass is 10.3. The zero-order chi connectivity index (χ0) is 15.7. The fourth-order valence-corrected chi connectivity index (χ4v) is 1.99. The number of fused-ring (bicyclic) bond motifs is 1. The van der Waals surface area contributed by atoms with E-state index < -0.39 is 11.7 Å². The van der Waals surface area contributed by atoms with Gasteiger partial charge in [-0.2, -0.15) is 23.3 Å². The fraction of sp³-hybridized carbons (Fsp3) is 0.154. The van der Waals surface area contributed by atoms with Crippen LogP contribution in [-0.2, 0) is 6.18 Å². The number of pyridine rings is 1. The van der Waals surface area contributed by atoms with Crippen LogP contribution >= 0.6 is 0 Å². The standard InChI is InChI=1S/C13H11F3N6/c1-17-11-8(13(14,15)16)6-18-12(21-11)20-9-7-19-22-5-3-2-4-10(9)22/h2-7H,1H3,(H2,17,18,20,21). The fourth-order valence-electron chi connectivity index (χ4n) is 1.99. The van der Waals surface area contributed by atoms with Gasteiger partial charge < -0.3 is 10.6 Å². The average molecular weight is 308 g/mol. The second-order valence-electron chi connectivity index (χ2n) is 4.42. The molecule has 0 aliphatic rings. The Kier molecular flexibility index (Phi) is 3.32. The minimum atomic E-state index is -4.51. The summed E-state index contributed by atoms with van der Waals surface area (Å²) in [5.74, 6) is -0.238. The van der Waals surface area contributed by atoms with E-state index in [2.05, 4.69) is 25.7 Å². The van der Waals surface area contributed by atoms with E-state index in [4.69, 9.17) is 0 Å². The van der Waals surface area contributed by atoms with Crippen molar-refractivity contribution in [3.63, 3.8) is 0 Å². The van der Waals surface area contributed by atoms with E-state index in [0.717, 1.165) is 11.7 Å². The molecular formula is C13H11F3N6. The van der Waals surface area contributed by atoms with E-state index in [-0.39, 0.29) is 11.8 Å². The Morgan fingerprint density at radius 1 is 1.18 bits per heavy atom. The van der Waals surface area contributed by atoms with Crippen molar-refractivity contribution in [1.82, 2.24) is 19.6 Å². The summed E-state index contributed by atoms with van der Waals surface area (Å²) in [5.41, 5.74) is 0.444. The van der Waals surface area contributed by atoms with Gasteiger partial charge >= 0.3 is 6.18 Å². The lowest BCUT2D eigenvalue weighted by molar-refractivity contribution is -0.137. The molecule has 0 atom stereocenters.